The average Bonchev–Trinajstić information content (AvgIpc) is 4.06. The molecule has 14 nitrogen and oxygen atoms in total. The van der Waals surface area contributed by atoms with Gasteiger partial charge in [0.05, 0.1) is 12.4 Å². The second-order valence-corrected chi connectivity index (χ2v) is 16.3. The zero-order chi connectivity index (χ0) is 38.0. The summed E-state index contributed by atoms with van der Waals surface area (Å²) in [4.78, 5) is 57.2. The molecule has 4 aromatic heterocycles. The Hall–Kier alpha value is -4.23. The first-order valence-electron chi connectivity index (χ1n) is 20.9. The topological polar surface area (TPSA) is 150 Å². The molecule has 298 valence electrons. The van der Waals surface area contributed by atoms with Gasteiger partial charge >= 0.3 is 11.4 Å². The number of aromatic nitrogens is 8. The van der Waals surface area contributed by atoms with Crippen molar-refractivity contribution in [1.29, 1.82) is 0 Å². The summed E-state index contributed by atoms with van der Waals surface area (Å²) < 4.78 is 7.11. The Morgan fingerprint density at radius 2 is 1.15 bits per heavy atom. The Balaban J connectivity index is 0.000000199. The van der Waals surface area contributed by atoms with Gasteiger partial charge in [-0.1, -0.05) is 52.4 Å². The third kappa shape index (κ3) is 7.53. The summed E-state index contributed by atoms with van der Waals surface area (Å²) >= 11 is 0. The van der Waals surface area contributed by atoms with Crippen molar-refractivity contribution >= 4 is 40.1 Å². The van der Waals surface area contributed by atoms with Crippen molar-refractivity contribution in [3.63, 3.8) is 0 Å². The molecule has 14 heteroatoms. The number of anilines is 2. The third-order valence-electron chi connectivity index (χ3n) is 13.0. The lowest BCUT2D eigenvalue weighted by Gasteiger charge is -2.31. The molecule has 4 aliphatic carbocycles. The highest BCUT2D eigenvalue weighted by Crippen LogP contribution is 2.51. The van der Waals surface area contributed by atoms with Crippen LogP contribution < -0.4 is 22.0 Å². The number of carbonyl (C=O) groups is 1. The van der Waals surface area contributed by atoms with Crippen LogP contribution in [0.2, 0.25) is 0 Å². The first kappa shape index (κ1) is 38.1. The number of likely N-dealkylation sites (tertiary alicyclic amines) is 1. The zero-order valence-electron chi connectivity index (χ0n) is 33.1. The van der Waals surface area contributed by atoms with Crippen molar-refractivity contribution in [2.45, 2.75) is 154 Å². The average molecular weight is 748 g/mol. The standard InChI is InChI=1S/C20H29N5O.C18H26N6O2.C2H6.2H2/c1-24-16-13-21-18(22-14-8-11-20(12-14)9-4-5-10-20)23-17(16)25(19(24)26)15-6-2-3-7-15;1-12(25)23-9-7-13(8-10-23)20-17-19-11-15-16(21-17)24(18(26)22(15)2)14-5-3-4-6-14;1-2;;/h13-15H,2-12H2,1H3,(H,21,22,23);11,13-14H,3-10H2,1-2H3,(H,19,20,21);1-2H3;2*1H. The Bertz CT molecular complexity index is 2050. The molecule has 1 saturated heterocycles. The van der Waals surface area contributed by atoms with E-state index in [1.807, 2.05) is 41.1 Å². The molecule has 0 aromatic carbocycles. The lowest BCUT2D eigenvalue weighted by atomic mass is 9.84. The quantitative estimate of drug-likeness (QED) is 0.214. The Kier molecular flexibility index (Phi) is 11.4. The number of piperidine rings is 1. The van der Waals surface area contributed by atoms with Crippen LogP contribution in [-0.4, -0.2) is 74.2 Å². The third-order valence-corrected chi connectivity index (χ3v) is 13.0. The second kappa shape index (κ2) is 16.2. The van der Waals surface area contributed by atoms with E-state index in [4.69, 9.17) is 4.98 Å². The molecule has 1 atom stereocenters. The number of hydrogen-bond acceptors (Lipinski definition) is 9. The number of imidazole rings is 2. The molecule has 54 heavy (non-hydrogen) atoms. The first-order chi connectivity index (χ1) is 26.2. The second-order valence-electron chi connectivity index (χ2n) is 16.3. The number of amides is 1. The van der Waals surface area contributed by atoms with Gasteiger partial charge in [-0.15, -0.1) is 0 Å². The number of rotatable bonds is 6. The molecule has 2 N–H and O–H groups in total. The van der Waals surface area contributed by atoms with E-state index in [2.05, 4.69) is 25.6 Å². The minimum atomic E-state index is -0.00637. The molecular weight excluding hydrogens is 683 g/mol. The van der Waals surface area contributed by atoms with Crippen LogP contribution in [0.4, 0.5) is 11.9 Å². The van der Waals surface area contributed by atoms with E-state index in [0.717, 1.165) is 73.9 Å². The molecular formula is C40H65N11O3. The maximum Gasteiger partial charge on any atom is 0.330 e. The van der Waals surface area contributed by atoms with Gasteiger partial charge in [0.2, 0.25) is 17.8 Å². The van der Waals surface area contributed by atoms with Crippen molar-refractivity contribution in [1.82, 2.24) is 43.1 Å². The van der Waals surface area contributed by atoms with Crippen molar-refractivity contribution in [3.05, 3.63) is 33.4 Å². The summed E-state index contributed by atoms with van der Waals surface area (Å²) in [6, 6.07) is 1.26. The molecule has 4 saturated carbocycles. The van der Waals surface area contributed by atoms with Crippen molar-refractivity contribution in [3.8, 4) is 0 Å². The summed E-state index contributed by atoms with van der Waals surface area (Å²) in [6.45, 7) is 7.13. The van der Waals surface area contributed by atoms with E-state index in [1.54, 1.807) is 29.3 Å². The molecule has 9 rings (SSSR count). The Labute approximate surface area is 321 Å². The normalized spacial score (nSPS) is 21.8. The van der Waals surface area contributed by atoms with Gasteiger partial charge in [0.1, 0.15) is 11.0 Å². The first-order valence-corrected chi connectivity index (χ1v) is 20.9. The van der Waals surface area contributed by atoms with E-state index in [0.29, 0.717) is 29.4 Å². The van der Waals surface area contributed by atoms with E-state index < -0.39 is 0 Å². The van der Waals surface area contributed by atoms with E-state index >= 15 is 0 Å². The van der Waals surface area contributed by atoms with Crippen LogP contribution in [-0.2, 0) is 18.9 Å². The van der Waals surface area contributed by atoms with Crippen LogP contribution in [0, 0.1) is 5.41 Å². The smallest absolute Gasteiger partial charge is 0.330 e. The van der Waals surface area contributed by atoms with Gasteiger partial charge in [-0.25, -0.2) is 19.6 Å². The molecule has 5 fully saturated rings. The van der Waals surface area contributed by atoms with Gasteiger partial charge < -0.3 is 15.5 Å². The van der Waals surface area contributed by atoms with Crippen LogP contribution in [0.5, 0.6) is 0 Å². The highest BCUT2D eigenvalue weighted by atomic mass is 16.2. The molecule has 1 spiro atoms. The molecule has 1 aliphatic heterocycles. The number of nitrogens with zero attached hydrogens (tertiary/aromatic N) is 9. The van der Waals surface area contributed by atoms with Crippen LogP contribution in [0.25, 0.3) is 22.3 Å². The van der Waals surface area contributed by atoms with Crippen LogP contribution in [0.15, 0.2) is 22.0 Å². The van der Waals surface area contributed by atoms with Gasteiger partial charge in [-0.2, -0.15) is 9.97 Å². The predicted molar refractivity (Wildman–Crippen MR) is 217 cm³/mol. The summed E-state index contributed by atoms with van der Waals surface area (Å²) in [7, 11) is 3.61. The van der Waals surface area contributed by atoms with Crippen molar-refractivity contribution in [2.24, 2.45) is 19.5 Å². The van der Waals surface area contributed by atoms with Crippen molar-refractivity contribution < 1.29 is 7.65 Å². The Morgan fingerprint density at radius 1 is 0.685 bits per heavy atom. The van der Waals surface area contributed by atoms with Gasteiger partial charge in [-0.05, 0) is 76.0 Å². The summed E-state index contributed by atoms with van der Waals surface area (Å²) in [5.74, 6) is 1.39. The fourth-order valence-electron chi connectivity index (χ4n) is 10.0. The van der Waals surface area contributed by atoms with Gasteiger partial charge in [0, 0.05) is 61.1 Å². The molecule has 1 unspecified atom stereocenters. The van der Waals surface area contributed by atoms with Crippen LogP contribution in [0.3, 0.4) is 0 Å². The number of nitrogens with one attached hydrogen (secondary N) is 2. The number of fused-ring (bicyclic) bond motifs is 2. The molecule has 0 bridgehead atoms. The maximum absolute atomic E-state index is 12.7. The molecule has 1 amide bonds. The lowest BCUT2D eigenvalue weighted by molar-refractivity contribution is -0.129. The SMILES string of the molecule is CC.CC(=O)N1CCC(Nc2ncc3c(n2)n(C2CCCC2)c(=O)n3C)CC1.Cn1c(=O)n(C2CCCC2)c2nc(NC3CCC4(CCCC4)C3)ncc21.[HH].[HH]. The summed E-state index contributed by atoms with van der Waals surface area (Å²) in [5, 5.41) is 6.98. The Morgan fingerprint density at radius 3 is 1.61 bits per heavy atom. The molecule has 4 aromatic rings. The predicted octanol–water partition coefficient (Wildman–Crippen LogP) is 6.96. The lowest BCUT2D eigenvalue weighted by Crippen LogP contribution is -2.41. The monoisotopic (exact) mass is 748 g/mol. The summed E-state index contributed by atoms with van der Waals surface area (Å²) in [6.07, 6.45) is 23.7. The molecule has 0 radical (unpaired) electrons. The van der Waals surface area contributed by atoms with Gasteiger partial charge in [-0.3, -0.25) is 23.1 Å². The fraction of sp³-hybridized carbons (Fsp3) is 0.725. The van der Waals surface area contributed by atoms with E-state index in [1.165, 1.54) is 70.6 Å². The van der Waals surface area contributed by atoms with Gasteiger partial charge in [0.15, 0.2) is 11.3 Å². The number of hydrogen-bond donors (Lipinski definition) is 2. The fourth-order valence-corrected chi connectivity index (χ4v) is 10.0. The van der Waals surface area contributed by atoms with E-state index in [9.17, 15) is 14.4 Å². The van der Waals surface area contributed by atoms with Gasteiger partial charge in [0.25, 0.3) is 0 Å². The van der Waals surface area contributed by atoms with Crippen LogP contribution in [0.1, 0.15) is 145 Å². The van der Waals surface area contributed by atoms with E-state index in [-0.39, 0.29) is 32.2 Å². The highest BCUT2D eigenvalue weighted by molar-refractivity contribution is 5.74. The van der Waals surface area contributed by atoms with Crippen molar-refractivity contribution in [2.75, 3.05) is 23.7 Å². The number of carbonyl (C=O) groups excluding carboxylic acids is 1. The number of aryl methyl sites for hydroxylation is 2. The van der Waals surface area contributed by atoms with Crippen LogP contribution >= 0.6 is 0 Å². The largest absolute Gasteiger partial charge is 0.351 e. The summed E-state index contributed by atoms with van der Waals surface area (Å²) in [5.41, 5.74) is 3.77. The zero-order valence-corrected chi connectivity index (χ0v) is 33.1. The minimum absolute atomic E-state index is 0. The molecule has 5 aliphatic rings. The highest BCUT2D eigenvalue weighted by Gasteiger charge is 2.41. The minimum Gasteiger partial charge on any atom is -0.351 e. The maximum atomic E-state index is 12.7. The molecule has 5 heterocycles.